The van der Waals surface area contributed by atoms with Crippen LogP contribution in [0.4, 0.5) is 32.0 Å². The van der Waals surface area contributed by atoms with Crippen LogP contribution in [0.25, 0.3) is 10.9 Å². The van der Waals surface area contributed by atoms with Gasteiger partial charge in [0.25, 0.3) is 0 Å². The Hall–Kier alpha value is -2.23. The Labute approximate surface area is 153 Å². The minimum atomic E-state index is -4.86. The Kier molecular flexibility index (Phi) is 5.79. The third-order valence-electron chi connectivity index (χ3n) is 4.33. The third-order valence-corrected chi connectivity index (χ3v) is 4.33. The highest BCUT2D eigenvalue weighted by molar-refractivity contribution is 5.86. The van der Waals surface area contributed by atoms with E-state index in [4.69, 9.17) is 0 Å². The highest BCUT2D eigenvalue weighted by Crippen LogP contribution is 2.35. The highest BCUT2D eigenvalue weighted by atomic mass is 19.4. The Morgan fingerprint density at radius 3 is 2.33 bits per heavy atom. The molecule has 0 aliphatic carbocycles. The summed E-state index contributed by atoms with van der Waals surface area (Å²) in [6.45, 7) is 2.48. The topological polar surface area (TPSA) is 56.3 Å². The monoisotopic (exact) mass is 400 g/mol. The molecule has 10 heteroatoms. The first kappa shape index (κ1) is 21.1. The van der Waals surface area contributed by atoms with Gasteiger partial charge in [-0.05, 0) is 31.5 Å². The largest absolute Gasteiger partial charge is 0.417 e. The molecule has 1 aromatic carbocycles. The molecule has 1 heterocycles. The summed E-state index contributed by atoms with van der Waals surface area (Å²) >= 11 is 0. The molecule has 2 rings (SSSR count). The van der Waals surface area contributed by atoms with Crippen LogP contribution in [-0.4, -0.2) is 35.0 Å². The summed E-state index contributed by atoms with van der Waals surface area (Å²) in [7, 11) is 0. The average molecular weight is 400 g/mol. The van der Waals surface area contributed by atoms with E-state index in [1.54, 1.807) is 13.8 Å². The number of nitrogens with one attached hydrogen (secondary N) is 1. The number of anilines is 1. The third kappa shape index (κ3) is 4.74. The van der Waals surface area contributed by atoms with Crippen LogP contribution in [0.2, 0.25) is 0 Å². The number of nitrogens with zero attached hydrogens (tertiary/aromatic N) is 1. The Morgan fingerprint density at radius 2 is 1.81 bits per heavy atom. The van der Waals surface area contributed by atoms with Gasteiger partial charge in [-0.2, -0.15) is 26.3 Å². The predicted molar refractivity (Wildman–Crippen MR) is 93.0 cm³/mol. The van der Waals surface area contributed by atoms with Gasteiger partial charge in [-0.25, -0.2) is 0 Å². The molecule has 154 valence electrons. The number of benzene rings is 1. The van der Waals surface area contributed by atoms with Crippen LogP contribution in [-0.2, 0) is 6.18 Å². The van der Waals surface area contributed by atoms with Gasteiger partial charge in [0.05, 0.1) is 12.1 Å². The molecule has 0 fully saturated rings. The lowest BCUT2D eigenvalue weighted by molar-refractivity contribution is -0.200. The van der Waals surface area contributed by atoms with Crippen LogP contribution in [0.3, 0.4) is 0 Å². The van der Waals surface area contributed by atoms with E-state index in [1.165, 1.54) is 17.0 Å². The van der Waals surface area contributed by atoms with Crippen molar-refractivity contribution in [2.45, 2.75) is 44.8 Å². The lowest BCUT2D eigenvalue weighted by Crippen LogP contribution is -2.44. The molecular weight excluding hydrogens is 378 g/mol. The Morgan fingerprint density at radius 1 is 1.19 bits per heavy atom. The molecule has 2 aromatic rings. The molecule has 0 aliphatic rings. The van der Waals surface area contributed by atoms with E-state index in [0.717, 1.165) is 6.07 Å². The number of aromatic nitrogens is 1. The molecule has 4 nitrogen and oxygen atoms in total. The van der Waals surface area contributed by atoms with Crippen LogP contribution >= 0.6 is 0 Å². The van der Waals surface area contributed by atoms with Crippen molar-refractivity contribution in [2.24, 2.45) is 0 Å². The highest BCUT2D eigenvalue weighted by Gasteiger charge is 2.40. The first-order valence-electron chi connectivity index (χ1n) is 8.10. The van der Waals surface area contributed by atoms with Gasteiger partial charge in [-0.1, -0.05) is 6.92 Å². The molecule has 0 radical (unpaired) electrons. The summed E-state index contributed by atoms with van der Waals surface area (Å²) in [4.78, 5) is 14.9. The van der Waals surface area contributed by atoms with E-state index in [1.807, 2.05) is 0 Å². The van der Waals surface area contributed by atoms with E-state index in [-0.39, 0.29) is 19.4 Å². The molecular formula is C17H22F6N2O2. The lowest BCUT2D eigenvalue weighted by atomic mass is 10.1. The number of alkyl halides is 6. The summed E-state index contributed by atoms with van der Waals surface area (Å²) in [5, 5.41) is 9.06. The van der Waals surface area contributed by atoms with Crippen molar-refractivity contribution < 1.29 is 34.3 Å². The number of hydrogen-bond donors (Lipinski definition) is 2. The summed E-state index contributed by atoms with van der Waals surface area (Å²) < 4.78 is 78.0. The van der Waals surface area contributed by atoms with Crippen LogP contribution in [0.15, 0.2) is 29.1 Å². The van der Waals surface area contributed by atoms with Gasteiger partial charge in [-0.3, -0.25) is 4.79 Å². The number of fused-ring (bicyclic) bond motifs is 1. The predicted octanol–water partition coefficient (Wildman–Crippen LogP) is 4.57. The van der Waals surface area contributed by atoms with E-state index in [2.05, 4.69) is 4.98 Å². The van der Waals surface area contributed by atoms with Crippen LogP contribution in [0.1, 0.15) is 28.7 Å². The molecule has 2 N–H and O–H groups in total. The molecule has 0 amide bonds. The Balaban J connectivity index is 0.00000392. The SMILES string of the molecule is CC[C@@H](C)N(C[C@@H](O)C(F)(F)F)c1ccc2[nH]c(=O)cc(C(F)(F)F)c2c1.[HH].[HH]. The minimum Gasteiger partial charge on any atom is -0.382 e. The lowest BCUT2D eigenvalue weighted by Gasteiger charge is -2.33. The van der Waals surface area contributed by atoms with Gasteiger partial charge >= 0.3 is 12.4 Å². The fraction of sp³-hybridized carbons (Fsp3) is 0.471. The van der Waals surface area contributed by atoms with Crippen LogP contribution in [0, 0.1) is 0 Å². The summed E-state index contributed by atoms with van der Waals surface area (Å²) in [5.74, 6) is 0. The maximum atomic E-state index is 13.3. The number of halogens is 6. The van der Waals surface area contributed by atoms with Crippen molar-refractivity contribution in [3.63, 3.8) is 0 Å². The number of pyridine rings is 1. The zero-order valence-electron chi connectivity index (χ0n) is 14.4. The number of H-pyrrole nitrogens is 1. The minimum absolute atomic E-state index is 0. The number of aliphatic hydroxyl groups is 1. The van der Waals surface area contributed by atoms with Gasteiger partial charge in [0, 0.05) is 31.6 Å². The Bertz CT molecular complexity index is 870. The van der Waals surface area contributed by atoms with Crippen molar-refractivity contribution >= 4 is 16.6 Å². The molecule has 0 saturated heterocycles. The standard InChI is InChI=1S/C17H18F6N2O2.2H2/c1-3-9(2)25(8-14(26)17(21,22)23)10-4-5-13-11(6-10)12(16(18,19)20)7-15(27)24-13;;/h4-7,9,14,26H,3,8H2,1-2H3,(H,24,27);2*1H/t9-,14-;;/m1../s1. The smallest absolute Gasteiger partial charge is 0.382 e. The molecule has 0 spiro atoms. The van der Waals surface area contributed by atoms with E-state index in [0.29, 0.717) is 12.5 Å². The van der Waals surface area contributed by atoms with Gasteiger partial charge < -0.3 is 15.0 Å². The maximum absolute atomic E-state index is 13.3. The van der Waals surface area contributed by atoms with Gasteiger partial charge in [-0.15, -0.1) is 0 Å². The quantitative estimate of drug-likeness (QED) is 0.723. The van der Waals surface area contributed by atoms with Crippen molar-refractivity contribution in [3.05, 3.63) is 40.2 Å². The zero-order chi connectivity index (χ0) is 20.6. The number of aromatic amines is 1. The van der Waals surface area contributed by atoms with Gasteiger partial charge in [0.15, 0.2) is 6.10 Å². The fourth-order valence-electron chi connectivity index (χ4n) is 2.70. The maximum Gasteiger partial charge on any atom is 0.417 e. The molecule has 0 unspecified atom stereocenters. The summed E-state index contributed by atoms with van der Waals surface area (Å²) in [6, 6.07) is 3.52. The zero-order valence-corrected chi connectivity index (χ0v) is 14.4. The second-order valence-corrected chi connectivity index (χ2v) is 6.24. The number of aliphatic hydroxyl groups excluding tert-OH is 1. The molecule has 1 aromatic heterocycles. The summed E-state index contributed by atoms with van der Waals surface area (Å²) in [5.41, 5.74) is -2.12. The second kappa shape index (κ2) is 7.41. The molecule has 2 atom stereocenters. The van der Waals surface area contributed by atoms with Crippen molar-refractivity contribution in [3.8, 4) is 0 Å². The van der Waals surface area contributed by atoms with Crippen LogP contribution < -0.4 is 10.5 Å². The molecule has 0 aliphatic heterocycles. The molecule has 0 bridgehead atoms. The normalized spacial score (nSPS) is 15.0. The first-order valence-corrected chi connectivity index (χ1v) is 8.10. The van der Waals surface area contributed by atoms with E-state index >= 15 is 0 Å². The second-order valence-electron chi connectivity index (χ2n) is 6.24. The number of rotatable bonds is 5. The van der Waals surface area contributed by atoms with Gasteiger partial charge in [0.1, 0.15) is 0 Å². The number of hydrogen-bond acceptors (Lipinski definition) is 3. The molecule has 0 saturated carbocycles. The summed E-state index contributed by atoms with van der Waals surface area (Å²) in [6.07, 6.45) is -11.9. The van der Waals surface area contributed by atoms with Crippen molar-refractivity contribution in [2.75, 3.05) is 11.4 Å². The molecule has 27 heavy (non-hydrogen) atoms. The average Bonchev–Trinajstić information content (AvgIpc) is 2.56. The van der Waals surface area contributed by atoms with Crippen molar-refractivity contribution in [1.82, 2.24) is 4.98 Å². The first-order chi connectivity index (χ1) is 12.3. The van der Waals surface area contributed by atoms with E-state index in [9.17, 15) is 36.2 Å². The van der Waals surface area contributed by atoms with Gasteiger partial charge in [0.2, 0.25) is 5.56 Å². The van der Waals surface area contributed by atoms with E-state index < -0.39 is 42.2 Å². The fourth-order valence-corrected chi connectivity index (χ4v) is 2.70. The van der Waals surface area contributed by atoms with Crippen LogP contribution in [0.5, 0.6) is 0 Å². The van der Waals surface area contributed by atoms with Crippen molar-refractivity contribution in [1.29, 1.82) is 0 Å².